The summed E-state index contributed by atoms with van der Waals surface area (Å²) in [7, 11) is 0. The molecule has 0 bridgehead atoms. The number of carbonyl (C=O) groups is 1. The SMILES string of the molecule is CC(C)c1ccc(-c2csc3nc(C(F)(F)F)c(C(=O)O)n23)cc1. The van der Waals surface area contributed by atoms with E-state index in [2.05, 4.69) is 4.98 Å². The zero-order chi connectivity index (χ0) is 17.6. The predicted octanol–water partition coefficient (Wildman–Crippen LogP) is 4.90. The van der Waals surface area contributed by atoms with Gasteiger partial charge in [-0.3, -0.25) is 4.40 Å². The summed E-state index contributed by atoms with van der Waals surface area (Å²) >= 11 is 0.976. The Kier molecular flexibility index (Phi) is 3.87. The third-order valence-electron chi connectivity index (χ3n) is 3.71. The van der Waals surface area contributed by atoms with Gasteiger partial charge in [-0.15, -0.1) is 11.3 Å². The first-order valence-corrected chi connectivity index (χ1v) is 7.99. The lowest BCUT2D eigenvalue weighted by molar-refractivity contribution is -0.141. The third-order valence-corrected chi connectivity index (χ3v) is 4.53. The molecule has 3 aromatic rings. The van der Waals surface area contributed by atoms with Gasteiger partial charge in [-0.2, -0.15) is 13.2 Å². The van der Waals surface area contributed by atoms with E-state index in [0.29, 0.717) is 17.2 Å². The molecule has 0 aliphatic carbocycles. The summed E-state index contributed by atoms with van der Waals surface area (Å²) in [6, 6.07) is 7.31. The molecule has 0 radical (unpaired) electrons. The zero-order valence-electron chi connectivity index (χ0n) is 12.8. The van der Waals surface area contributed by atoms with E-state index in [0.717, 1.165) is 21.3 Å². The maximum absolute atomic E-state index is 13.1. The number of carboxylic acid groups (broad SMARTS) is 1. The van der Waals surface area contributed by atoms with Gasteiger partial charge in [0.15, 0.2) is 16.3 Å². The highest BCUT2D eigenvalue weighted by Gasteiger charge is 2.41. The molecule has 0 unspecified atom stereocenters. The fourth-order valence-corrected chi connectivity index (χ4v) is 3.39. The molecule has 0 amide bonds. The van der Waals surface area contributed by atoms with Crippen molar-refractivity contribution in [1.82, 2.24) is 9.38 Å². The van der Waals surface area contributed by atoms with Crippen molar-refractivity contribution in [2.75, 3.05) is 0 Å². The number of benzene rings is 1. The molecule has 1 N–H and O–H groups in total. The summed E-state index contributed by atoms with van der Waals surface area (Å²) in [5.74, 6) is -1.34. The number of rotatable bonds is 3. The minimum atomic E-state index is -4.82. The molecule has 0 saturated carbocycles. The number of aromatic nitrogens is 2. The van der Waals surface area contributed by atoms with Gasteiger partial charge in [-0.05, 0) is 17.0 Å². The minimum absolute atomic E-state index is 0.00246. The van der Waals surface area contributed by atoms with Crippen molar-refractivity contribution in [3.05, 3.63) is 46.6 Å². The molecule has 0 spiro atoms. The molecule has 3 rings (SSSR count). The van der Waals surface area contributed by atoms with Crippen LogP contribution in [0.3, 0.4) is 0 Å². The van der Waals surface area contributed by atoms with E-state index < -0.39 is 23.5 Å². The normalized spacial score (nSPS) is 12.2. The molecule has 2 heterocycles. The summed E-state index contributed by atoms with van der Waals surface area (Å²) in [6.07, 6.45) is -4.82. The van der Waals surface area contributed by atoms with Gasteiger partial charge in [0, 0.05) is 5.38 Å². The molecular formula is C16H13F3N2O2S. The smallest absolute Gasteiger partial charge is 0.435 e. The highest BCUT2D eigenvalue weighted by atomic mass is 32.1. The number of hydrogen-bond donors (Lipinski definition) is 1. The average molecular weight is 354 g/mol. The minimum Gasteiger partial charge on any atom is -0.476 e. The number of hydrogen-bond acceptors (Lipinski definition) is 3. The van der Waals surface area contributed by atoms with E-state index in [1.807, 2.05) is 26.0 Å². The molecule has 0 atom stereocenters. The second kappa shape index (κ2) is 5.62. The molecular weight excluding hydrogens is 341 g/mol. The van der Waals surface area contributed by atoms with Gasteiger partial charge in [0.2, 0.25) is 0 Å². The maximum Gasteiger partial charge on any atom is 0.435 e. The number of imidazole rings is 1. The van der Waals surface area contributed by atoms with Crippen LogP contribution in [0.1, 0.15) is 41.5 Å². The van der Waals surface area contributed by atoms with Crippen molar-refractivity contribution < 1.29 is 23.1 Å². The number of thiazole rings is 1. The lowest BCUT2D eigenvalue weighted by Crippen LogP contribution is -2.14. The fourth-order valence-electron chi connectivity index (χ4n) is 2.49. The first-order valence-electron chi connectivity index (χ1n) is 7.11. The van der Waals surface area contributed by atoms with Gasteiger partial charge in [-0.1, -0.05) is 38.1 Å². The largest absolute Gasteiger partial charge is 0.476 e. The van der Waals surface area contributed by atoms with Crippen LogP contribution in [0.25, 0.3) is 16.2 Å². The number of alkyl halides is 3. The standard InChI is InChI=1S/C16H13F3N2O2S/c1-8(2)9-3-5-10(6-4-9)11-7-24-15-20-13(16(17,18)19)12(14(22)23)21(11)15/h3-8H,1-2H3,(H,22,23). The van der Waals surface area contributed by atoms with E-state index >= 15 is 0 Å². The highest BCUT2D eigenvalue weighted by molar-refractivity contribution is 7.15. The molecule has 1 aromatic carbocycles. The molecule has 0 aliphatic heterocycles. The van der Waals surface area contributed by atoms with Crippen LogP contribution in [-0.2, 0) is 6.18 Å². The summed E-state index contributed by atoms with van der Waals surface area (Å²) in [4.78, 5) is 14.9. The average Bonchev–Trinajstić information content (AvgIpc) is 3.05. The Labute approximate surface area is 139 Å². The van der Waals surface area contributed by atoms with E-state index in [-0.39, 0.29) is 4.96 Å². The number of nitrogens with zero attached hydrogens (tertiary/aromatic N) is 2. The second-order valence-electron chi connectivity index (χ2n) is 5.63. The van der Waals surface area contributed by atoms with Crippen LogP contribution >= 0.6 is 11.3 Å². The number of fused-ring (bicyclic) bond motifs is 1. The van der Waals surface area contributed by atoms with Gasteiger partial charge < -0.3 is 5.11 Å². The van der Waals surface area contributed by atoms with E-state index in [1.54, 1.807) is 17.5 Å². The van der Waals surface area contributed by atoms with E-state index in [9.17, 15) is 23.1 Å². The molecule has 8 heteroatoms. The molecule has 4 nitrogen and oxygen atoms in total. The van der Waals surface area contributed by atoms with Crippen molar-refractivity contribution in [2.45, 2.75) is 25.9 Å². The van der Waals surface area contributed by atoms with Crippen molar-refractivity contribution in [3.63, 3.8) is 0 Å². The molecule has 126 valence electrons. The van der Waals surface area contributed by atoms with Gasteiger partial charge in [0.05, 0.1) is 5.69 Å². The molecule has 24 heavy (non-hydrogen) atoms. The first kappa shape index (κ1) is 16.5. The molecule has 0 saturated heterocycles. The lowest BCUT2D eigenvalue weighted by Gasteiger charge is -2.08. The number of aromatic carboxylic acids is 1. The van der Waals surface area contributed by atoms with E-state index in [4.69, 9.17) is 0 Å². The fraction of sp³-hybridized carbons (Fsp3) is 0.250. The van der Waals surface area contributed by atoms with Crippen LogP contribution in [0.2, 0.25) is 0 Å². The summed E-state index contributed by atoms with van der Waals surface area (Å²) in [5.41, 5.74) is -0.126. The summed E-state index contributed by atoms with van der Waals surface area (Å²) in [5, 5.41) is 10.9. The third kappa shape index (κ3) is 2.66. The van der Waals surface area contributed by atoms with Crippen molar-refractivity contribution >= 4 is 22.3 Å². The Balaban J connectivity index is 2.23. The second-order valence-corrected chi connectivity index (χ2v) is 6.46. The van der Waals surface area contributed by atoms with E-state index in [1.165, 1.54) is 0 Å². The Morgan fingerprint density at radius 3 is 2.38 bits per heavy atom. The Morgan fingerprint density at radius 2 is 1.88 bits per heavy atom. The Bertz CT molecular complexity index is 908. The van der Waals surface area contributed by atoms with Gasteiger partial charge in [0.25, 0.3) is 0 Å². The number of halogens is 3. The summed E-state index contributed by atoms with van der Waals surface area (Å²) < 4.78 is 40.3. The van der Waals surface area contributed by atoms with Crippen LogP contribution in [0.15, 0.2) is 29.6 Å². The van der Waals surface area contributed by atoms with Crippen LogP contribution in [-0.4, -0.2) is 20.5 Å². The van der Waals surface area contributed by atoms with Crippen LogP contribution in [0, 0.1) is 0 Å². The monoisotopic (exact) mass is 354 g/mol. The zero-order valence-corrected chi connectivity index (χ0v) is 13.6. The Morgan fingerprint density at radius 1 is 1.25 bits per heavy atom. The van der Waals surface area contributed by atoms with Crippen LogP contribution in [0.5, 0.6) is 0 Å². The first-order chi connectivity index (χ1) is 11.2. The topological polar surface area (TPSA) is 54.6 Å². The van der Waals surface area contributed by atoms with Crippen molar-refractivity contribution in [1.29, 1.82) is 0 Å². The van der Waals surface area contributed by atoms with Crippen LogP contribution < -0.4 is 0 Å². The molecule has 2 aromatic heterocycles. The lowest BCUT2D eigenvalue weighted by atomic mass is 10.0. The highest BCUT2D eigenvalue weighted by Crippen LogP contribution is 2.36. The van der Waals surface area contributed by atoms with Crippen molar-refractivity contribution in [2.24, 2.45) is 0 Å². The van der Waals surface area contributed by atoms with Gasteiger partial charge in [0.1, 0.15) is 0 Å². The summed E-state index contributed by atoms with van der Waals surface area (Å²) in [6.45, 7) is 4.07. The van der Waals surface area contributed by atoms with Crippen LogP contribution in [0.4, 0.5) is 13.2 Å². The van der Waals surface area contributed by atoms with Gasteiger partial charge >= 0.3 is 12.1 Å². The quantitative estimate of drug-likeness (QED) is 0.728. The maximum atomic E-state index is 13.1. The van der Waals surface area contributed by atoms with Crippen molar-refractivity contribution in [3.8, 4) is 11.3 Å². The molecule has 0 aliphatic rings. The predicted molar refractivity (Wildman–Crippen MR) is 84.6 cm³/mol. The molecule has 0 fully saturated rings. The van der Waals surface area contributed by atoms with Gasteiger partial charge in [-0.25, -0.2) is 9.78 Å². The Hall–Kier alpha value is -2.35. The number of carboxylic acids is 1.